The summed E-state index contributed by atoms with van der Waals surface area (Å²) in [6, 6.07) is 9.91. The molecule has 1 heterocycles. The number of aryl methyl sites for hydroxylation is 1. The summed E-state index contributed by atoms with van der Waals surface area (Å²) in [6.07, 6.45) is 6.64. The van der Waals surface area contributed by atoms with E-state index in [1.54, 1.807) is 0 Å². The van der Waals surface area contributed by atoms with Crippen LogP contribution in [-0.4, -0.2) is 16.7 Å². The van der Waals surface area contributed by atoms with E-state index in [4.69, 9.17) is 9.52 Å². The lowest BCUT2D eigenvalue weighted by Gasteiger charge is -1.92. The van der Waals surface area contributed by atoms with Crippen LogP contribution in [0.5, 0.6) is 0 Å². The fourth-order valence-corrected chi connectivity index (χ4v) is 1.84. The van der Waals surface area contributed by atoms with Crippen molar-refractivity contribution in [3.05, 3.63) is 53.9 Å². The molecular weight excluding hydrogens is 238 g/mol. The maximum Gasteiger partial charge on any atom is 0.226 e. The summed E-state index contributed by atoms with van der Waals surface area (Å²) in [5.41, 5.74) is 1.97. The quantitative estimate of drug-likeness (QED) is 0.636. The molecule has 0 aliphatic rings. The number of unbranched alkanes of at least 4 members (excludes halogenated alkanes) is 1. The fraction of sp³-hybridized carbons (Fsp3) is 0.312. The Morgan fingerprint density at radius 3 is 2.74 bits per heavy atom. The minimum atomic E-state index is 0.242. The highest BCUT2D eigenvalue weighted by Crippen LogP contribution is 2.21. The normalized spacial score (nSPS) is 11.3. The number of oxazole rings is 1. The highest BCUT2D eigenvalue weighted by Gasteiger charge is 2.09. The van der Waals surface area contributed by atoms with Crippen LogP contribution in [0.1, 0.15) is 24.3 Å². The molecule has 0 saturated carbocycles. The summed E-state index contributed by atoms with van der Waals surface area (Å²) in [7, 11) is 0. The molecule has 3 nitrogen and oxygen atoms in total. The van der Waals surface area contributed by atoms with Crippen LogP contribution < -0.4 is 0 Å². The van der Waals surface area contributed by atoms with Crippen LogP contribution in [0, 0.1) is 6.92 Å². The first kappa shape index (κ1) is 13.6. The average Bonchev–Trinajstić information content (AvgIpc) is 2.81. The van der Waals surface area contributed by atoms with Crippen molar-refractivity contribution in [1.29, 1.82) is 0 Å². The number of allylic oxidation sites excluding steroid dienone is 2. The van der Waals surface area contributed by atoms with Crippen LogP contribution in [0.25, 0.3) is 11.5 Å². The number of aliphatic hydroxyl groups excluding tert-OH is 1. The lowest BCUT2D eigenvalue weighted by atomic mass is 10.2. The Balaban J connectivity index is 2.03. The van der Waals surface area contributed by atoms with Crippen molar-refractivity contribution in [2.24, 2.45) is 0 Å². The van der Waals surface area contributed by atoms with Gasteiger partial charge in [0.25, 0.3) is 0 Å². The summed E-state index contributed by atoms with van der Waals surface area (Å²) in [5, 5.41) is 8.69. The molecule has 0 saturated heterocycles. The van der Waals surface area contributed by atoms with Gasteiger partial charge >= 0.3 is 0 Å². The van der Waals surface area contributed by atoms with Crippen molar-refractivity contribution in [2.45, 2.75) is 26.2 Å². The summed E-state index contributed by atoms with van der Waals surface area (Å²) in [6.45, 7) is 2.18. The molecule has 0 aliphatic heterocycles. The molecule has 1 aromatic carbocycles. The number of rotatable bonds is 6. The second kappa shape index (κ2) is 6.90. The van der Waals surface area contributed by atoms with E-state index < -0.39 is 0 Å². The third kappa shape index (κ3) is 3.80. The van der Waals surface area contributed by atoms with Gasteiger partial charge in [-0.1, -0.05) is 30.4 Å². The summed E-state index contributed by atoms with van der Waals surface area (Å²) in [4.78, 5) is 4.53. The Kier molecular flexibility index (Phi) is 4.93. The van der Waals surface area contributed by atoms with Crippen molar-refractivity contribution in [3.8, 4) is 11.5 Å². The lowest BCUT2D eigenvalue weighted by Crippen LogP contribution is -1.85. The minimum Gasteiger partial charge on any atom is -0.441 e. The standard InChI is InChI=1S/C16H19NO2/c1-13-15(11-7-2-3-8-12-18)17-16(19-13)14-9-5-4-6-10-14/h2,4-7,9-10,18H,3,8,11-12H2,1H3. The van der Waals surface area contributed by atoms with Crippen molar-refractivity contribution in [3.63, 3.8) is 0 Å². The van der Waals surface area contributed by atoms with Gasteiger partial charge in [-0.2, -0.15) is 0 Å². The molecule has 0 amide bonds. The van der Waals surface area contributed by atoms with Gasteiger partial charge in [0.15, 0.2) is 0 Å². The Bertz CT molecular complexity index is 529. The SMILES string of the molecule is Cc1oc(-c2ccccc2)nc1CC=CCCCO. The highest BCUT2D eigenvalue weighted by atomic mass is 16.4. The third-order valence-electron chi connectivity index (χ3n) is 2.92. The van der Waals surface area contributed by atoms with Gasteiger partial charge in [0, 0.05) is 18.6 Å². The summed E-state index contributed by atoms with van der Waals surface area (Å²) in [5.74, 6) is 1.54. The fourth-order valence-electron chi connectivity index (χ4n) is 1.84. The second-order valence-electron chi connectivity index (χ2n) is 4.43. The topological polar surface area (TPSA) is 46.3 Å². The third-order valence-corrected chi connectivity index (χ3v) is 2.92. The predicted octanol–water partition coefficient (Wildman–Crippen LogP) is 3.52. The first-order chi connectivity index (χ1) is 9.31. The molecule has 2 aromatic rings. The van der Waals surface area contributed by atoms with Crippen molar-refractivity contribution >= 4 is 0 Å². The molecule has 0 aliphatic carbocycles. The molecule has 1 aromatic heterocycles. The molecule has 0 fully saturated rings. The van der Waals surface area contributed by atoms with Gasteiger partial charge in [-0.15, -0.1) is 0 Å². The molecule has 1 N–H and O–H groups in total. The van der Waals surface area contributed by atoms with E-state index in [1.807, 2.05) is 37.3 Å². The molecule has 3 heteroatoms. The molecule has 0 unspecified atom stereocenters. The monoisotopic (exact) mass is 257 g/mol. The Hall–Kier alpha value is -1.87. The van der Waals surface area contributed by atoms with Crippen molar-refractivity contribution in [2.75, 3.05) is 6.61 Å². The van der Waals surface area contributed by atoms with Gasteiger partial charge in [0.05, 0.1) is 5.69 Å². The van der Waals surface area contributed by atoms with Gasteiger partial charge in [0.2, 0.25) is 5.89 Å². The number of nitrogens with zero attached hydrogens (tertiary/aromatic N) is 1. The van der Waals surface area contributed by atoms with Crippen LogP contribution in [-0.2, 0) is 6.42 Å². The molecule has 0 bridgehead atoms. The first-order valence-corrected chi connectivity index (χ1v) is 6.59. The largest absolute Gasteiger partial charge is 0.441 e. The molecule has 19 heavy (non-hydrogen) atoms. The zero-order chi connectivity index (χ0) is 13.5. The number of aliphatic hydroxyl groups is 1. The van der Waals surface area contributed by atoms with E-state index in [2.05, 4.69) is 17.1 Å². The number of benzene rings is 1. The van der Waals surface area contributed by atoms with Crippen molar-refractivity contribution < 1.29 is 9.52 Å². The Labute approximate surface area is 113 Å². The Morgan fingerprint density at radius 1 is 1.21 bits per heavy atom. The van der Waals surface area contributed by atoms with Crippen LogP contribution in [0.2, 0.25) is 0 Å². The van der Waals surface area contributed by atoms with E-state index in [1.165, 1.54) is 0 Å². The van der Waals surface area contributed by atoms with E-state index >= 15 is 0 Å². The van der Waals surface area contributed by atoms with E-state index in [0.29, 0.717) is 5.89 Å². The maximum absolute atomic E-state index is 8.69. The van der Waals surface area contributed by atoms with Crippen LogP contribution in [0.4, 0.5) is 0 Å². The Morgan fingerprint density at radius 2 is 2.00 bits per heavy atom. The second-order valence-corrected chi connectivity index (χ2v) is 4.43. The zero-order valence-corrected chi connectivity index (χ0v) is 11.2. The van der Waals surface area contributed by atoms with Gasteiger partial charge < -0.3 is 9.52 Å². The van der Waals surface area contributed by atoms with E-state index in [0.717, 1.165) is 36.3 Å². The lowest BCUT2D eigenvalue weighted by molar-refractivity contribution is 0.289. The first-order valence-electron chi connectivity index (χ1n) is 6.59. The number of hydrogen-bond donors (Lipinski definition) is 1. The predicted molar refractivity (Wildman–Crippen MR) is 75.8 cm³/mol. The molecule has 0 spiro atoms. The molecule has 0 radical (unpaired) electrons. The molecular formula is C16H19NO2. The van der Waals surface area contributed by atoms with Crippen molar-refractivity contribution in [1.82, 2.24) is 4.98 Å². The minimum absolute atomic E-state index is 0.242. The maximum atomic E-state index is 8.69. The summed E-state index contributed by atoms with van der Waals surface area (Å²) < 4.78 is 5.69. The average molecular weight is 257 g/mol. The highest BCUT2D eigenvalue weighted by molar-refractivity contribution is 5.53. The number of hydrogen-bond acceptors (Lipinski definition) is 3. The van der Waals surface area contributed by atoms with Crippen LogP contribution >= 0.6 is 0 Å². The van der Waals surface area contributed by atoms with E-state index in [-0.39, 0.29) is 6.61 Å². The smallest absolute Gasteiger partial charge is 0.226 e. The van der Waals surface area contributed by atoms with Gasteiger partial charge in [-0.05, 0) is 31.9 Å². The zero-order valence-electron chi connectivity index (χ0n) is 11.2. The number of aromatic nitrogens is 1. The summed E-state index contributed by atoms with van der Waals surface area (Å²) >= 11 is 0. The van der Waals surface area contributed by atoms with Crippen LogP contribution in [0.3, 0.4) is 0 Å². The van der Waals surface area contributed by atoms with Gasteiger partial charge in [-0.3, -0.25) is 0 Å². The molecule has 0 atom stereocenters. The molecule has 2 rings (SSSR count). The van der Waals surface area contributed by atoms with Gasteiger partial charge in [0.1, 0.15) is 5.76 Å². The van der Waals surface area contributed by atoms with E-state index in [9.17, 15) is 0 Å². The van der Waals surface area contributed by atoms with Gasteiger partial charge in [-0.25, -0.2) is 4.98 Å². The molecule has 100 valence electrons. The van der Waals surface area contributed by atoms with Crippen LogP contribution in [0.15, 0.2) is 46.9 Å².